The fourth-order valence-electron chi connectivity index (χ4n) is 2.74. The minimum absolute atomic E-state index is 0.125. The topological polar surface area (TPSA) is 135 Å². The van der Waals surface area contributed by atoms with Gasteiger partial charge in [0.1, 0.15) is 17.6 Å². The number of ketones is 2. The first-order valence-corrected chi connectivity index (χ1v) is 6.65. The van der Waals surface area contributed by atoms with Crippen LogP contribution < -0.4 is 0 Å². The minimum Gasteiger partial charge on any atom is -0.508 e. The van der Waals surface area contributed by atoms with E-state index in [1.165, 1.54) is 6.07 Å². The van der Waals surface area contributed by atoms with Crippen molar-refractivity contribution in [1.29, 1.82) is 0 Å². The lowest BCUT2D eigenvalue weighted by Gasteiger charge is -2.28. The largest absolute Gasteiger partial charge is 0.508 e. The van der Waals surface area contributed by atoms with E-state index in [4.69, 9.17) is 0 Å². The molecule has 0 spiro atoms. The first-order chi connectivity index (χ1) is 10.8. The summed E-state index contributed by atoms with van der Waals surface area (Å²) >= 11 is 0. The monoisotopic (exact) mass is 316 g/mol. The zero-order valence-corrected chi connectivity index (χ0v) is 11.6. The Hall–Kier alpha value is -3.06. The molecule has 1 aliphatic rings. The molecule has 0 fully saturated rings. The van der Waals surface area contributed by atoms with Gasteiger partial charge in [-0.15, -0.1) is 0 Å². The van der Waals surface area contributed by atoms with Gasteiger partial charge in [0.15, 0.2) is 23.1 Å². The summed E-state index contributed by atoms with van der Waals surface area (Å²) < 4.78 is 0. The van der Waals surface area contributed by atoms with Crippen molar-refractivity contribution in [3.63, 3.8) is 0 Å². The summed E-state index contributed by atoms with van der Waals surface area (Å²) in [5, 5.41) is 48.3. The average molecular weight is 316 g/mol. The molecule has 23 heavy (non-hydrogen) atoms. The van der Waals surface area contributed by atoms with Gasteiger partial charge in [-0.05, 0) is 23.8 Å². The number of aromatic hydroxyl groups is 4. The Bertz CT molecular complexity index is 841. The van der Waals surface area contributed by atoms with Gasteiger partial charge in [-0.1, -0.05) is 6.07 Å². The third kappa shape index (κ3) is 2.18. The number of hydrogen-bond donors (Lipinski definition) is 5. The van der Waals surface area contributed by atoms with Gasteiger partial charge in [-0.2, -0.15) is 0 Å². The maximum absolute atomic E-state index is 12.6. The Balaban J connectivity index is 2.19. The Morgan fingerprint density at radius 1 is 0.783 bits per heavy atom. The van der Waals surface area contributed by atoms with E-state index in [0.717, 1.165) is 24.3 Å². The number of Topliss-reactive ketones (excluding diaryl/α,β-unsaturated/α-hetero) is 2. The lowest BCUT2D eigenvalue weighted by Crippen LogP contribution is -2.39. The molecule has 3 rings (SSSR count). The standard InChI is InChI=1S/C16H12O7/c17-7-4-8-13(11(20)5-7)16(23)15(22)12(14(8)21)6-1-2-9(18)10(19)3-6/h1-5,12,15,17-20,22H/t12-,15+/m0/s1. The highest BCUT2D eigenvalue weighted by Gasteiger charge is 2.43. The van der Waals surface area contributed by atoms with Crippen LogP contribution in [0.5, 0.6) is 23.0 Å². The van der Waals surface area contributed by atoms with E-state index >= 15 is 0 Å². The number of hydrogen-bond acceptors (Lipinski definition) is 7. The first-order valence-electron chi connectivity index (χ1n) is 6.65. The van der Waals surface area contributed by atoms with Crippen molar-refractivity contribution >= 4 is 11.6 Å². The van der Waals surface area contributed by atoms with Gasteiger partial charge in [0.2, 0.25) is 0 Å². The van der Waals surface area contributed by atoms with Gasteiger partial charge >= 0.3 is 0 Å². The Morgan fingerprint density at radius 2 is 1.48 bits per heavy atom. The predicted octanol–water partition coefficient (Wildman–Crippen LogP) is 1.03. The molecule has 7 nitrogen and oxygen atoms in total. The zero-order chi connectivity index (χ0) is 16.9. The van der Waals surface area contributed by atoms with Crippen LogP contribution in [-0.4, -0.2) is 43.2 Å². The fourth-order valence-corrected chi connectivity index (χ4v) is 2.74. The first kappa shape index (κ1) is 14.9. The number of benzene rings is 2. The van der Waals surface area contributed by atoms with Gasteiger partial charge in [-0.3, -0.25) is 9.59 Å². The molecule has 5 N–H and O–H groups in total. The predicted molar refractivity (Wildman–Crippen MR) is 77.0 cm³/mol. The van der Waals surface area contributed by atoms with Crippen molar-refractivity contribution in [3.05, 3.63) is 47.0 Å². The highest BCUT2D eigenvalue weighted by Crippen LogP contribution is 2.40. The number of carbonyl (C=O) groups excluding carboxylic acids is 2. The highest BCUT2D eigenvalue weighted by atomic mass is 16.3. The molecule has 0 saturated heterocycles. The summed E-state index contributed by atoms with van der Waals surface area (Å²) in [5.74, 6) is -4.77. The maximum atomic E-state index is 12.6. The quantitative estimate of drug-likeness (QED) is 0.496. The SMILES string of the molecule is O=C1c2cc(O)cc(O)c2C(=O)[C@H](O)[C@H]1c1ccc(O)c(O)c1. The van der Waals surface area contributed by atoms with Crippen molar-refractivity contribution < 1.29 is 35.1 Å². The molecule has 0 aromatic heterocycles. The van der Waals surface area contributed by atoms with Crippen molar-refractivity contribution in [2.24, 2.45) is 0 Å². The molecule has 118 valence electrons. The van der Waals surface area contributed by atoms with Gasteiger partial charge in [0, 0.05) is 11.6 Å². The third-order valence-corrected chi connectivity index (χ3v) is 3.84. The smallest absolute Gasteiger partial charge is 0.196 e. The van der Waals surface area contributed by atoms with E-state index < -0.39 is 46.6 Å². The molecule has 0 amide bonds. The van der Waals surface area contributed by atoms with E-state index in [0.29, 0.717) is 0 Å². The zero-order valence-electron chi connectivity index (χ0n) is 11.6. The van der Waals surface area contributed by atoms with Crippen LogP contribution in [-0.2, 0) is 0 Å². The van der Waals surface area contributed by atoms with Crippen molar-refractivity contribution in [3.8, 4) is 23.0 Å². The van der Waals surface area contributed by atoms with E-state index in [2.05, 4.69) is 0 Å². The highest BCUT2D eigenvalue weighted by molar-refractivity contribution is 6.20. The number of aliphatic hydroxyl groups is 1. The molecule has 2 aromatic rings. The summed E-state index contributed by atoms with van der Waals surface area (Å²) in [5.41, 5.74) is -0.436. The van der Waals surface area contributed by atoms with Crippen molar-refractivity contribution in [2.45, 2.75) is 12.0 Å². The van der Waals surface area contributed by atoms with Crippen molar-refractivity contribution in [1.82, 2.24) is 0 Å². The second-order valence-corrected chi connectivity index (χ2v) is 5.29. The molecule has 1 aliphatic carbocycles. The summed E-state index contributed by atoms with van der Waals surface area (Å²) in [6.07, 6.45) is -1.76. The van der Waals surface area contributed by atoms with Gasteiger partial charge < -0.3 is 25.5 Å². The summed E-state index contributed by atoms with van der Waals surface area (Å²) in [6, 6.07) is 5.44. The number of rotatable bonds is 1. The van der Waals surface area contributed by atoms with Gasteiger partial charge in [-0.25, -0.2) is 0 Å². The molecular formula is C16H12O7. The van der Waals surface area contributed by atoms with E-state index in [9.17, 15) is 35.1 Å². The maximum Gasteiger partial charge on any atom is 0.196 e. The summed E-state index contributed by atoms with van der Waals surface area (Å²) in [6.45, 7) is 0. The number of carbonyl (C=O) groups is 2. The van der Waals surface area contributed by atoms with Crippen LogP contribution in [0.2, 0.25) is 0 Å². The number of fused-ring (bicyclic) bond motifs is 1. The molecule has 0 heterocycles. The number of phenolic OH excluding ortho intramolecular Hbond substituents is 4. The van der Waals surface area contributed by atoms with Crippen LogP contribution in [0.15, 0.2) is 30.3 Å². The van der Waals surface area contributed by atoms with Gasteiger partial charge in [0.05, 0.1) is 11.5 Å². The second kappa shape index (κ2) is 4.99. The molecule has 0 saturated carbocycles. The molecule has 0 unspecified atom stereocenters. The molecule has 0 radical (unpaired) electrons. The summed E-state index contributed by atoms with van der Waals surface area (Å²) in [7, 11) is 0. The van der Waals surface area contributed by atoms with E-state index in [1.54, 1.807) is 0 Å². The average Bonchev–Trinajstić information content (AvgIpc) is 2.48. The lowest BCUT2D eigenvalue weighted by molar-refractivity contribution is 0.0594. The van der Waals surface area contributed by atoms with Crippen LogP contribution in [0.3, 0.4) is 0 Å². The van der Waals surface area contributed by atoms with Crippen molar-refractivity contribution in [2.75, 3.05) is 0 Å². The lowest BCUT2D eigenvalue weighted by atomic mass is 9.76. The fraction of sp³-hybridized carbons (Fsp3) is 0.125. The third-order valence-electron chi connectivity index (χ3n) is 3.84. The van der Waals surface area contributed by atoms with Crippen LogP contribution in [0.25, 0.3) is 0 Å². The normalized spacial score (nSPS) is 20.4. The van der Waals surface area contributed by atoms with Crippen LogP contribution in [0, 0.1) is 0 Å². The molecule has 0 bridgehead atoms. The van der Waals surface area contributed by atoms with Crippen LogP contribution in [0.4, 0.5) is 0 Å². The van der Waals surface area contributed by atoms with Crippen LogP contribution >= 0.6 is 0 Å². The van der Waals surface area contributed by atoms with Gasteiger partial charge in [0.25, 0.3) is 0 Å². The second-order valence-electron chi connectivity index (χ2n) is 5.29. The van der Waals surface area contributed by atoms with Crippen LogP contribution in [0.1, 0.15) is 32.2 Å². The molecule has 2 aromatic carbocycles. The van der Waals surface area contributed by atoms with E-state index in [-0.39, 0.29) is 16.7 Å². The number of phenols is 4. The molecule has 7 heteroatoms. The molecular weight excluding hydrogens is 304 g/mol. The Kier molecular flexibility index (Phi) is 3.23. The summed E-state index contributed by atoms with van der Waals surface area (Å²) in [4.78, 5) is 24.9. The number of aliphatic hydroxyl groups excluding tert-OH is 1. The molecule has 0 aliphatic heterocycles. The van der Waals surface area contributed by atoms with E-state index in [1.807, 2.05) is 0 Å². The Labute approximate surface area is 129 Å². The minimum atomic E-state index is -1.76. The Morgan fingerprint density at radius 3 is 2.13 bits per heavy atom. The molecule has 2 atom stereocenters.